The fourth-order valence-corrected chi connectivity index (χ4v) is 3.09. The molecule has 24 heavy (non-hydrogen) atoms. The lowest BCUT2D eigenvalue weighted by Gasteiger charge is -2.35. The molecule has 4 nitrogen and oxygen atoms in total. The molecule has 1 saturated heterocycles. The molecule has 2 N–H and O–H groups in total. The van der Waals surface area contributed by atoms with Gasteiger partial charge in [0.1, 0.15) is 12.4 Å². The first-order valence-corrected chi connectivity index (χ1v) is 8.51. The van der Waals surface area contributed by atoms with E-state index in [9.17, 15) is 10.2 Å². The summed E-state index contributed by atoms with van der Waals surface area (Å²) >= 11 is 0. The molecule has 1 heterocycles. The molecule has 2 aromatic rings. The molecule has 2 atom stereocenters. The Bertz CT molecular complexity index is 615. The molecule has 0 aliphatic carbocycles. The second-order valence-corrected chi connectivity index (χ2v) is 6.45. The van der Waals surface area contributed by atoms with Crippen LogP contribution in [-0.2, 0) is 13.2 Å². The number of piperidine rings is 1. The van der Waals surface area contributed by atoms with Crippen molar-refractivity contribution in [1.29, 1.82) is 0 Å². The molecular weight excluding hydrogens is 302 g/mol. The average molecular weight is 327 g/mol. The summed E-state index contributed by atoms with van der Waals surface area (Å²) in [6.45, 7) is 2.99. The van der Waals surface area contributed by atoms with Gasteiger partial charge in [0.05, 0.1) is 6.10 Å². The molecule has 0 unspecified atom stereocenters. The van der Waals surface area contributed by atoms with Crippen molar-refractivity contribution in [3.8, 4) is 5.75 Å². The highest BCUT2D eigenvalue weighted by Gasteiger charge is 2.26. The Hall–Kier alpha value is -1.88. The summed E-state index contributed by atoms with van der Waals surface area (Å²) in [7, 11) is 0. The third-order valence-electron chi connectivity index (χ3n) is 4.62. The van der Waals surface area contributed by atoms with Crippen LogP contribution in [0.1, 0.15) is 17.5 Å². The molecule has 4 heteroatoms. The third kappa shape index (κ3) is 4.57. The highest BCUT2D eigenvalue weighted by atomic mass is 16.5. The lowest BCUT2D eigenvalue weighted by atomic mass is 9.94. The Labute approximate surface area is 143 Å². The summed E-state index contributed by atoms with van der Waals surface area (Å²) in [5, 5.41) is 19.2. The highest BCUT2D eigenvalue weighted by molar-refractivity contribution is 5.27. The molecule has 0 saturated carbocycles. The first kappa shape index (κ1) is 17.0. The van der Waals surface area contributed by atoms with Crippen LogP contribution in [0.5, 0.6) is 5.75 Å². The van der Waals surface area contributed by atoms with Gasteiger partial charge < -0.3 is 14.9 Å². The number of hydrogen-bond donors (Lipinski definition) is 2. The summed E-state index contributed by atoms with van der Waals surface area (Å²) in [4.78, 5) is 2.23. The number of benzene rings is 2. The molecule has 2 aromatic carbocycles. The van der Waals surface area contributed by atoms with E-state index >= 15 is 0 Å². The van der Waals surface area contributed by atoms with Crippen LogP contribution >= 0.6 is 0 Å². The van der Waals surface area contributed by atoms with Gasteiger partial charge in [0.2, 0.25) is 0 Å². The van der Waals surface area contributed by atoms with Crippen molar-refractivity contribution < 1.29 is 14.9 Å². The molecule has 0 aromatic heterocycles. The van der Waals surface area contributed by atoms with Crippen LogP contribution in [0.25, 0.3) is 0 Å². The molecule has 1 fully saturated rings. The summed E-state index contributed by atoms with van der Waals surface area (Å²) in [6, 6.07) is 18.3. The minimum Gasteiger partial charge on any atom is -0.489 e. The SMILES string of the molecule is OC[C@H]1CCN(Cc2ccc(OCc3ccccc3)cc2)C[C@@H]1O. The summed E-state index contributed by atoms with van der Waals surface area (Å²) in [6.07, 6.45) is 0.410. The first-order valence-electron chi connectivity index (χ1n) is 8.51. The van der Waals surface area contributed by atoms with Crippen molar-refractivity contribution in [3.05, 3.63) is 65.7 Å². The van der Waals surface area contributed by atoms with Crippen molar-refractivity contribution in [1.82, 2.24) is 4.90 Å². The molecular formula is C20H25NO3. The first-order chi connectivity index (χ1) is 11.7. The topological polar surface area (TPSA) is 52.9 Å². The van der Waals surface area contributed by atoms with Gasteiger partial charge in [0.15, 0.2) is 0 Å². The van der Waals surface area contributed by atoms with Gasteiger partial charge in [-0.3, -0.25) is 4.90 Å². The lowest BCUT2D eigenvalue weighted by Crippen LogP contribution is -2.44. The minimum atomic E-state index is -0.433. The van der Waals surface area contributed by atoms with Gasteiger partial charge in [-0.15, -0.1) is 0 Å². The number of nitrogens with zero attached hydrogens (tertiary/aromatic N) is 1. The Balaban J connectivity index is 1.50. The van der Waals surface area contributed by atoms with Crippen molar-refractivity contribution in [2.75, 3.05) is 19.7 Å². The molecule has 1 aliphatic heterocycles. The normalized spacial score (nSPS) is 21.6. The van der Waals surface area contributed by atoms with Gasteiger partial charge >= 0.3 is 0 Å². The summed E-state index contributed by atoms with van der Waals surface area (Å²) in [5.74, 6) is 0.886. The maximum atomic E-state index is 10.0. The molecule has 128 valence electrons. The number of hydrogen-bond acceptors (Lipinski definition) is 4. The molecule has 0 spiro atoms. The number of ether oxygens (including phenoxy) is 1. The molecule has 0 radical (unpaired) electrons. The van der Waals surface area contributed by atoms with Crippen LogP contribution in [0.2, 0.25) is 0 Å². The maximum absolute atomic E-state index is 10.0. The predicted molar refractivity (Wildman–Crippen MR) is 93.7 cm³/mol. The minimum absolute atomic E-state index is 0.0232. The van der Waals surface area contributed by atoms with E-state index < -0.39 is 6.10 Å². The predicted octanol–water partition coefficient (Wildman–Crippen LogP) is 2.44. The van der Waals surface area contributed by atoms with Crippen LogP contribution in [0.3, 0.4) is 0 Å². The quantitative estimate of drug-likeness (QED) is 0.856. The highest BCUT2D eigenvalue weighted by Crippen LogP contribution is 2.20. The van der Waals surface area contributed by atoms with Crippen LogP contribution in [0.15, 0.2) is 54.6 Å². The number of β-amino-alcohol motifs (C(OH)–C–C–N with tert-alkyl or cyclic N) is 1. The van der Waals surface area contributed by atoms with Crippen molar-refractivity contribution in [2.24, 2.45) is 5.92 Å². The Morgan fingerprint density at radius 3 is 2.42 bits per heavy atom. The van der Waals surface area contributed by atoms with Gasteiger partial charge in [0.25, 0.3) is 0 Å². The van der Waals surface area contributed by atoms with Gasteiger partial charge in [-0.1, -0.05) is 42.5 Å². The van der Waals surface area contributed by atoms with E-state index in [1.54, 1.807) is 0 Å². The maximum Gasteiger partial charge on any atom is 0.119 e. The van der Waals surface area contributed by atoms with E-state index in [0.29, 0.717) is 13.2 Å². The molecule has 1 aliphatic rings. The molecule has 3 rings (SSSR count). The van der Waals surface area contributed by atoms with Crippen LogP contribution in [0.4, 0.5) is 0 Å². The number of likely N-dealkylation sites (tertiary alicyclic amines) is 1. The van der Waals surface area contributed by atoms with Gasteiger partial charge in [-0.05, 0) is 36.2 Å². The lowest BCUT2D eigenvalue weighted by molar-refractivity contribution is -0.00444. The zero-order valence-electron chi connectivity index (χ0n) is 13.8. The van der Waals surface area contributed by atoms with E-state index in [0.717, 1.165) is 30.8 Å². The van der Waals surface area contributed by atoms with Crippen molar-refractivity contribution in [3.63, 3.8) is 0 Å². The number of aliphatic hydroxyl groups excluding tert-OH is 2. The fraction of sp³-hybridized carbons (Fsp3) is 0.400. The van der Waals surface area contributed by atoms with Gasteiger partial charge in [-0.2, -0.15) is 0 Å². The van der Waals surface area contributed by atoms with Crippen LogP contribution in [0, 0.1) is 5.92 Å². The Kier molecular flexibility index (Phi) is 5.86. The monoisotopic (exact) mass is 327 g/mol. The summed E-state index contributed by atoms with van der Waals surface area (Å²) in [5.41, 5.74) is 2.36. The second-order valence-electron chi connectivity index (χ2n) is 6.45. The van der Waals surface area contributed by atoms with E-state index in [1.165, 1.54) is 5.56 Å². The van der Waals surface area contributed by atoms with E-state index in [1.807, 2.05) is 30.3 Å². The zero-order valence-corrected chi connectivity index (χ0v) is 13.8. The summed E-state index contributed by atoms with van der Waals surface area (Å²) < 4.78 is 5.80. The van der Waals surface area contributed by atoms with Crippen LogP contribution in [-0.4, -0.2) is 40.9 Å². The average Bonchev–Trinajstić information content (AvgIpc) is 2.62. The second kappa shape index (κ2) is 8.29. The smallest absolute Gasteiger partial charge is 0.119 e. The largest absolute Gasteiger partial charge is 0.489 e. The van der Waals surface area contributed by atoms with Gasteiger partial charge in [-0.25, -0.2) is 0 Å². The van der Waals surface area contributed by atoms with Crippen molar-refractivity contribution >= 4 is 0 Å². The number of rotatable bonds is 6. The Morgan fingerprint density at radius 2 is 1.75 bits per heavy atom. The molecule has 0 bridgehead atoms. The van der Waals surface area contributed by atoms with Crippen LogP contribution < -0.4 is 4.74 Å². The fourth-order valence-electron chi connectivity index (χ4n) is 3.09. The van der Waals surface area contributed by atoms with E-state index in [4.69, 9.17) is 4.74 Å². The molecule has 0 amide bonds. The van der Waals surface area contributed by atoms with Crippen molar-refractivity contribution in [2.45, 2.75) is 25.7 Å². The van der Waals surface area contributed by atoms with Gasteiger partial charge in [0, 0.05) is 25.6 Å². The zero-order chi connectivity index (χ0) is 16.8. The third-order valence-corrected chi connectivity index (χ3v) is 4.62. The standard InChI is InChI=1S/C20H25NO3/c22-14-18-10-11-21(13-20(18)23)12-16-6-8-19(9-7-16)24-15-17-4-2-1-3-5-17/h1-9,18,20,22-23H,10-15H2/t18-,20+/m1/s1. The van der Waals surface area contributed by atoms with E-state index in [-0.39, 0.29) is 12.5 Å². The Morgan fingerprint density at radius 1 is 1.00 bits per heavy atom. The van der Waals surface area contributed by atoms with E-state index in [2.05, 4.69) is 29.2 Å². The number of aliphatic hydroxyl groups is 2.